The summed E-state index contributed by atoms with van der Waals surface area (Å²) in [7, 11) is 1.69. The maximum absolute atomic E-state index is 5.17. The lowest BCUT2D eigenvalue weighted by molar-refractivity contribution is 0.371. The molecular formula is C12H18N2O. The van der Waals surface area contributed by atoms with E-state index in [-0.39, 0.29) is 0 Å². The molecule has 1 aromatic heterocycles. The van der Waals surface area contributed by atoms with Crippen molar-refractivity contribution in [2.45, 2.75) is 19.3 Å². The van der Waals surface area contributed by atoms with Crippen molar-refractivity contribution in [3.8, 4) is 5.75 Å². The fourth-order valence-corrected chi connectivity index (χ4v) is 2.11. The summed E-state index contributed by atoms with van der Waals surface area (Å²) >= 11 is 0. The van der Waals surface area contributed by atoms with Crippen LogP contribution in [0.3, 0.4) is 0 Å². The van der Waals surface area contributed by atoms with Crippen LogP contribution in [0.4, 0.5) is 0 Å². The fraction of sp³-hybridized carbons (Fsp3) is 0.583. The second kappa shape index (κ2) is 5.12. The number of piperidine rings is 1. The van der Waals surface area contributed by atoms with Gasteiger partial charge in [-0.2, -0.15) is 0 Å². The number of aromatic nitrogens is 1. The maximum atomic E-state index is 5.17. The van der Waals surface area contributed by atoms with Crippen LogP contribution < -0.4 is 10.1 Å². The summed E-state index contributed by atoms with van der Waals surface area (Å²) in [4.78, 5) is 4.18. The lowest BCUT2D eigenvalue weighted by Gasteiger charge is -2.22. The van der Waals surface area contributed by atoms with Crippen molar-refractivity contribution in [1.82, 2.24) is 10.3 Å². The predicted molar refractivity (Wildman–Crippen MR) is 60.1 cm³/mol. The molecular weight excluding hydrogens is 188 g/mol. The number of nitrogens with zero attached hydrogens (tertiary/aromatic N) is 1. The molecule has 0 radical (unpaired) electrons. The predicted octanol–water partition coefficient (Wildman–Crippen LogP) is 1.63. The lowest BCUT2D eigenvalue weighted by Crippen LogP contribution is -2.28. The van der Waals surface area contributed by atoms with Crippen LogP contribution in [-0.2, 0) is 6.42 Å². The first-order valence-corrected chi connectivity index (χ1v) is 5.57. The summed E-state index contributed by atoms with van der Waals surface area (Å²) in [6.45, 7) is 2.31. The fourth-order valence-electron chi connectivity index (χ4n) is 2.11. The Bertz CT molecular complexity index is 308. The third-order valence-corrected chi connectivity index (χ3v) is 2.99. The highest BCUT2D eigenvalue weighted by atomic mass is 16.5. The SMILES string of the molecule is COc1cncc(CC2CCNCC2)c1. The molecule has 15 heavy (non-hydrogen) atoms. The highest BCUT2D eigenvalue weighted by Crippen LogP contribution is 2.19. The average Bonchev–Trinajstić information content (AvgIpc) is 2.31. The summed E-state index contributed by atoms with van der Waals surface area (Å²) in [5.74, 6) is 1.67. The molecule has 82 valence electrons. The van der Waals surface area contributed by atoms with Crippen molar-refractivity contribution in [2.75, 3.05) is 20.2 Å². The van der Waals surface area contributed by atoms with E-state index in [2.05, 4.69) is 16.4 Å². The van der Waals surface area contributed by atoms with Crippen molar-refractivity contribution < 1.29 is 4.74 Å². The molecule has 0 unspecified atom stereocenters. The highest BCUT2D eigenvalue weighted by molar-refractivity contribution is 5.23. The molecule has 0 saturated carbocycles. The largest absolute Gasteiger partial charge is 0.495 e. The number of pyridine rings is 1. The Hall–Kier alpha value is -1.09. The van der Waals surface area contributed by atoms with Crippen molar-refractivity contribution in [3.05, 3.63) is 24.0 Å². The minimum atomic E-state index is 0.806. The Labute approximate surface area is 90.9 Å². The van der Waals surface area contributed by atoms with Gasteiger partial charge in [-0.3, -0.25) is 4.98 Å². The maximum Gasteiger partial charge on any atom is 0.137 e. The Morgan fingerprint density at radius 3 is 2.93 bits per heavy atom. The molecule has 1 aliphatic rings. The van der Waals surface area contributed by atoms with E-state index in [4.69, 9.17) is 4.74 Å². The molecule has 0 bridgehead atoms. The molecule has 0 aliphatic carbocycles. The molecule has 3 nitrogen and oxygen atoms in total. The highest BCUT2D eigenvalue weighted by Gasteiger charge is 2.13. The summed E-state index contributed by atoms with van der Waals surface area (Å²) in [5, 5.41) is 3.38. The second-order valence-corrected chi connectivity index (χ2v) is 4.13. The number of ether oxygens (including phenoxy) is 1. The van der Waals surface area contributed by atoms with E-state index in [9.17, 15) is 0 Å². The number of methoxy groups -OCH3 is 1. The standard InChI is InChI=1S/C12H18N2O/c1-15-12-7-11(8-14-9-12)6-10-2-4-13-5-3-10/h7-10,13H,2-6H2,1H3. The van der Waals surface area contributed by atoms with Gasteiger partial charge in [0.15, 0.2) is 0 Å². The van der Waals surface area contributed by atoms with Crippen molar-refractivity contribution in [1.29, 1.82) is 0 Å². The Morgan fingerprint density at radius 2 is 2.20 bits per heavy atom. The summed E-state index contributed by atoms with van der Waals surface area (Å²) < 4.78 is 5.17. The van der Waals surface area contributed by atoms with Crippen molar-refractivity contribution >= 4 is 0 Å². The lowest BCUT2D eigenvalue weighted by atomic mass is 9.92. The van der Waals surface area contributed by atoms with E-state index in [1.807, 2.05) is 6.20 Å². The van der Waals surface area contributed by atoms with Gasteiger partial charge >= 0.3 is 0 Å². The summed E-state index contributed by atoms with van der Waals surface area (Å²) in [6.07, 6.45) is 7.39. The molecule has 2 rings (SSSR count). The second-order valence-electron chi connectivity index (χ2n) is 4.13. The van der Waals surface area contributed by atoms with Crippen LogP contribution in [0.1, 0.15) is 18.4 Å². The Morgan fingerprint density at radius 1 is 1.40 bits per heavy atom. The first-order valence-electron chi connectivity index (χ1n) is 5.57. The van der Waals surface area contributed by atoms with Gasteiger partial charge < -0.3 is 10.1 Å². The quantitative estimate of drug-likeness (QED) is 0.816. The third kappa shape index (κ3) is 2.93. The van der Waals surface area contributed by atoms with E-state index in [0.717, 1.165) is 31.2 Å². The molecule has 0 atom stereocenters. The molecule has 0 aromatic carbocycles. The number of nitrogens with one attached hydrogen (secondary N) is 1. The van der Waals surface area contributed by atoms with E-state index < -0.39 is 0 Å². The van der Waals surface area contributed by atoms with Gasteiger partial charge in [0.05, 0.1) is 13.3 Å². The van der Waals surface area contributed by atoms with Gasteiger partial charge in [0, 0.05) is 6.20 Å². The summed E-state index contributed by atoms with van der Waals surface area (Å²) in [6, 6.07) is 2.09. The number of hydrogen-bond acceptors (Lipinski definition) is 3. The molecule has 1 saturated heterocycles. The van der Waals surface area contributed by atoms with Crippen molar-refractivity contribution in [3.63, 3.8) is 0 Å². The van der Waals surface area contributed by atoms with Crippen molar-refractivity contribution in [2.24, 2.45) is 5.92 Å². The first kappa shape index (κ1) is 10.4. The van der Waals surface area contributed by atoms with Gasteiger partial charge in [-0.15, -0.1) is 0 Å². The van der Waals surface area contributed by atoms with Crippen LogP contribution in [-0.4, -0.2) is 25.2 Å². The van der Waals surface area contributed by atoms with Gasteiger partial charge in [-0.05, 0) is 49.9 Å². The van der Waals surface area contributed by atoms with Crippen LogP contribution in [0.25, 0.3) is 0 Å². The third-order valence-electron chi connectivity index (χ3n) is 2.99. The number of hydrogen-bond donors (Lipinski definition) is 1. The van der Waals surface area contributed by atoms with Crippen LogP contribution in [0, 0.1) is 5.92 Å². The molecule has 0 spiro atoms. The van der Waals surface area contributed by atoms with E-state index in [0.29, 0.717) is 0 Å². The van der Waals surface area contributed by atoms with Gasteiger partial charge in [-0.1, -0.05) is 0 Å². The zero-order valence-electron chi connectivity index (χ0n) is 9.20. The monoisotopic (exact) mass is 206 g/mol. The minimum Gasteiger partial charge on any atom is -0.495 e. The van der Waals surface area contributed by atoms with Crippen LogP contribution >= 0.6 is 0 Å². The van der Waals surface area contributed by atoms with E-state index >= 15 is 0 Å². The molecule has 1 aliphatic heterocycles. The molecule has 2 heterocycles. The molecule has 0 amide bonds. The minimum absolute atomic E-state index is 0.806. The van der Waals surface area contributed by atoms with Gasteiger partial charge in [-0.25, -0.2) is 0 Å². The average molecular weight is 206 g/mol. The zero-order chi connectivity index (χ0) is 10.5. The van der Waals surface area contributed by atoms with Gasteiger partial charge in [0.1, 0.15) is 5.75 Å². The Balaban J connectivity index is 1.96. The number of rotatable bonds is 3. The first-order chi connectivity index (χ1) is 7.38. The van der Waals surface area contributed by atoms with Gasteiger partial charge in [0.25, 0.3) is 0 Å². The van der Waals surface area contributed by atoms with E-state index in [1.165, 1.54) is 18.4 Å². The van der Waals surface area contributed by atoms with Gasteiger partial charge in [0.2, 0.25) is 0 Å². The summed E-state index contributed by atoms with van der Waals surface area (Å²) in [5.41, 5.74) is 1.29. The zero-order valence-corrected chi connectivity index (χ0v) is 9.20. The Kier molecular flexibility index (Phi) is 3.56. The van der Waals surface area contributed by atoms with Crippen LogP contribution in [0.5, 0.6) is 5.75 Å². The molecule has 1 N–H and O–H groups in total. The molecule has 3 heteroatoms. The van der Waals surface area contributed by atoms with Crippen LogP contribution in [0.15, 0.2) is 18.5 Å². The molecule has 1 fully saturated rings. The topological polar surface area (TPSA) is 34.1 Å². The van der Waals surface area contributed by atoms with Crippen LogP contribution in [0.2, 0.25) is 0 Å². The molecule has 1 aromatic rings. The smallest absolute Gasteiger partial charge is 0.137 e. The normalized spacial score (nSPS) is 17.7. The van der Waals surface area contributed by atoms with E-state index in [1.54, 1.807) is 13.3 Å².